The summed E-state index contributed by atoms with van der Waals surface area (Å²) in [5, 5.41) is 0. The molecule has 1 fully saturated rings. The number of hydrazine groups is 1. The van der Waals surface area contributed by atoms with E-state index in [4.69, 9.17) is 4.74 Å². The van der Waals surface area contributed by atoms with Crippen molar-refractivity contribution in [1.29, 1.82) is 0 Å². The fourth-order valence-corrected chi connectivity index (χ4v) is 1.87. The minimum absolute atomic E-state index is 0.00354. The number of halogens is 1. The Morgan fingerprint density at radius 3 is 2.89 bits per heavy atom. The van der Waals surface area contributed by atoms with E-state index in [1.807, 2.05) is 0 Å². The monoisotopic (exact) mass is 266 g/mol. The van der Waals surface area contributed by atoms with Gasteiger partial charge in [-0.3, -0.25) is 20.4 Å². The molecule has 2 N–H and O–H groups in total. The van der Waals surface area contributed by atoms with E-state index < -0.39 is 17.8 Å². The lowest BCUT2D eigenvalue weighted by atomic mass is 10.1. The van der Waals surface area contributed by atoms with Gasteiger partial charge in [0.2, 0.25) is 5.91 Å². The Morgan fingerprint density at radius 2 is 2.21 bits per heavy atom. The second kappa shape index (κ2) is 6.29. The van der Waals surface area contributed by atoms with Crippen molar-refractivity contribution in [2.24, 2.45) is 0 Å². The van der Waals surface area contributed by atoms with Crippen molar-refractivity contribution in [3.8, 4) is 0 Å². The highest BCUT2D eigenvalue weighted by Crippen LogP contribution is 2.11. The zero-order valence-electron chi connectivity index (χ0n) is 10.3. The van der Waals surface area contributed by atoms with Gasteiger partial charge < -0.3 is 4.74 Å². The van der Waals surface area contributed by atoms with Crippen LogP contribution in [-0.2, 0) is 20.7 Å². The van der Waals surface area contributed by atoms with Crippen LogP contribution in [0.5, 0.6) is 0 Å². The normalized spacial score (nSPS) is 18.1. The predicted molar refractivity (Wildman–Crippen MR) is 65.4 cm³/mol. The van der Waals surface area contributed by atoms with Crippen LogP contribution >= 0.6 is 0 Å². The molecule has 5 nitrogen and oxygen atoms in total. The first-order valence-corrected chi connectivity index (χ1v) is 6.10. The first-order chi connectivity index (χ1) is 9.15. The first kappa shape index (κ1) is 13.5. The van der Waals surface area contributed by atoms with Gasteiger partial charge in [0.25, 0.3) is 5.91 Å². The lowest BCUT2D eigenvalue weighted by molar-refractivity contribution is -0.134. The highest BCUT2D eigenvalue weighted by Gasteiger charge is 2.23. The van der Waals surface area contributed by atoms with Gasteiger partial charge in [0.1, 0.15) is 11.9 Å². The number of ether oxygens (including phenoxy) is 1. The van der Waals surface area contributed by atoms with Gasteiger partial charge in [-0.05, 0) is 30.5 Å². The first-order valence-electron chi connectivity index (χ1n) is 6.10. The zero-order valence-corrected chi connectivity index (χ0v) is 10.3. The summed E-state index contributed by atoms with van der Waals surface area (Å²) in [5.41, 5.74) is 5.13. The molecule has 2 rings (SSSR count). The quantitative estimate of drug-likeness (QED) is 0.791. The number of hydrogen-bond donors (Lipinski definition) is 2. The summed E-state index contributed by atoms with van der Waals surface area (Å²) in [4.78, 5) is 23.1. The molecule has 1 aliphatic heterocycles. The lowest BCUT2D eigenvalue weighted by Crippen LogP contribution is -2.46. The molecule has 102 valence electrons. The third-order valence-electron chi connectivity index (χ3n) is 2.80. The third-order valence-corrected chi connectivity index (χ3v) is 2.80. The van der Waals surface area contributed by atoms with Gasteiger partial charge in [-0.2, -0.15) is 0 Å². The molecule has 1 heterocycles. The number of carbonyl (C=O) groups excluding carboxylic acids is 2. The minimum Gasteiger partial charge on any atom is -0.368 e. The van der Waals surface area contributed by atoms with Crippen molar-refractivity contribution in [2.45, 2.75) is 25.4 Å². The standard InChI is InChI=1S/C13H15FN2O3/c14-10-4-1-3-9(7-10)8-12(17)15-16-13(18)11-5-2-6-19-11/h1,3-4,7,11H,2,5-6,8H2,(H,15,17)(H,16,18). The molecule has 1 aliphatic rings. The smallest absolute Gasteiger partial charge is 0.267 e. The highest BCUT2D eigenvalue weighted by atomic mass is 19.1. The Labute approximate surface area is 110 Å². The van der Waals surface area contributed by atoms with Crippen LogP contribution in [0.2, 0.25) is 0 Å². The molecule has 0 spiro atoms. The molecule has 0 aliphatic carbocycles. The van der Waals surface area contributed by atoms with Gasteiger partial charge in [-0.15, -0.1) is 0 Å². The van der Waals surface area contributed by atoms with Crippen LogP contribution in [-0.4, -0.2) is 24.5 Å². The van der Waals surface area contributed by atoms with Gasteiger partial charge >= 0.3 is 0 Å². The molecule has 0 bridgehead atoms. The molecule has 1 unspecified atom stereocenters. The van der Waals surface area contributed by atoms with Crippen molar-refractivity contribution < 1.29 is 18.7 Å². The van der Waals surface area contributed by atoms with Crippen molar-refractivity contribution >= 4 is 11.8 Å². The summed E-state index contributed by atoms with van der Waals surface area (Å²) in [6, 6.07) is 5.76. The fourth-order valence-electron chi connectivity index (χ4n) is 1.87. The maximum Gasteiger partial charge on any atom is 0.267 e. The minimum atomic E-state index is -0.491. The number of amides is 2. The van der Waals surface area contributed by atoms with Crippen LogP contribution in [0.15, 0.2) is 24.3 Å². The molecule has 1 atom stereocenters. The number of nitrogens with one attached hydrogen (secondary N) is 2. The van der Waals surface area contributed by atoms with E-state index in [-0.39, 0.29) is 12.3 Å². The Hall–Kier alpha value is -1.95. The van der Waals surface area contributed by atoms with Crippen LogP contribution in [0.4, 0.5) is 4.39 Å². The van der Waals surface area contributed by atoms with Crippen molar-refractivity contribution in [2.75, 3.05) is 6.61 Å². The molecule has 1 saturated heterocycles. The van der Waals surface area contributed by atoms with E-state index in [0.717, 1.165) is 6.42 Å². The van der Waals surface area contributed by atoms with Crippen molar-refractivity contribution in [3.05, 3.63) is 35.6 Å². The lowest BCUT2D eigenvalue weighted by Gasteiger charge is -2.11. The van der Waals surface area contributed by atoms with E-state index in [2.05, 4.69) is 10.9 Å². The zero-order chi connectivity index (χ0) is 13.7. The topological polar surface area (TPSA) is 67.4 Å². The van der Waals surface area contributed by atoms with Crippen LogP contribution < -0.4 is 10.9 Å². The molecule has 19 heavy (non-hydrogen) atoms. The molecule has 0 saturated carbocycles. The van der Waals surface area contributed by atoms with Crippen LogP contribution in [0.25, 0.3) is 0 Å². The molecule has 2 amide bonds. The summed E-state index contributed by atoms with van der Waals surface area (Å²) < 4.78 is 18.1. The maximum atomic E-state index is 12.9. The summed E-state index contributed by atoms with van der Waals surface area (Å²) in [6.07, 6.45) is 1.01. The van der Waals surface area contributed by atoms with Crippen LogP contribution in [0.3, 0.4) is 0 Å². The van der Waals surface area contributed by atoms with Crippen LogP contribution in [0, 0.1) is 5.82 Å². The molecule has 1 aromatic rings. The van der Waals surface area contributed by atoms with Crippen molar-refractivity contribution in [1.82, 2.24) is 10.9 Å². The Balaban J connectivity index is 1.76. The number of benzene rings is 1. The Kier molecular flexibility index (Phi) is 4.46. The van der Waals surface area contributed by atoms with E-state index >= 15 is 0 Å². The summed E-state index contributed by atoms with van der Waals surface area (Å²) in [5.74, 6) is -1.16. The molecular weight excluding hydrogens is 251 g/mol. The number of carbonyl (C=O) groups is 2. The van der Waals surface area contributed by atoms with Gasteiger partial charge in [-0.1, -0.05) is 12.1 Å². The van der Waals surface area contributed by atoms with Gasteiger partial charge in [0, 0.05) is 6.61 Å². The Bertz CT molecular complexity index is 473. The third kappa shape index (κ3) is 4.03. The van der Waals surface area contributed by atoms with E-state index in [1.165, 1.54) is 18.2 Å². The van der Waals surface area contributed by atoms with Gasteiger partial charge in [-0.25, -0.2) is 4.39 Å². The molecular formula is C13H15FN2O3. The van der Waals surface area contributed by atoms with E-state index in [1.54, 1.807) is 6.07 Å². The average molecular weight is 266 g/mol. The fraction of sp³-hybridized carbons (Fsp3) is 0.385. The molecule has 1 aromatic carbocycles. The molecule has 0 radical (unpaired) electrons. The SMILES string of the molecule is O=C(Cc1cccc(F)c1)NNC(=O)C1CCCO1. The van der Waals surface area contributed by atoms with Gasteiger partial charge in [0.15, 0.2) is 0 Å². The highest BCUT2D eigenvalue weighted by molar-refractivity contribution is 5.85. The second-order valence-corrected chi connectivity index (χ2v) is 4.35. The molecule has 0 aromatic heterocycles. The Morgan fingerprint density at radius 1 is 1.37 bits per heavy atom. The maximum absolute atomic E-state index is 12.9. The van der Waals surface area contributed by atoms with E-state index in [9.17, 15) is 14.0 Å². The van der Waals surface area contributed by atoms with Gasteiger partial charge in [0.05, 0.1) is 6.42 Å². The average Bonchev–Trinajstić information content (AvgIpc) is 2.90. The summed E-state index contributed by atoms with van der Waals surface area (Å²) >= 11 is 0. The summed E-state index contributed by atoms with van der Waals surface area (Å²) in [7, 11) is 0. The number of rotatable bonds is 3. The largest absolute Gasteiger partial charge is 0.368 e. The summed E-state index contributed by atoms with van der Waals surface area (Å²) in [6.45, 7) is 0.565. The predicted octanol–water partition coefficient (Wildman–Crippen LogP) is 0.695. The van der Waals surface area contributed by atoms with Crippen molar-refractivity contribution in [3.63, 3.8) is 0 Å². The molecule has 6 heteroatoms. The number of hydrogen-bond acceptors (Lipinski definition) is 3. The van der Waals surface area contributed by atoms with E-state index in [0.29, 0.717) is 18.6 Å². The second-order valence-electron chi connectivity index (χ2n) is 4.35. The van der Waals surface area contributed by atoms with Crippen LogP contribution in [0.1, 0.15) is 18.4 Å².